The van der Waals surface area contributed by atoms with Crippen molar-refractivity contribution in [1.29, 1.82) is 0 Å². The Morgan fingerprint density at radius 2 is 2.33 bits per heavy atom. The Balaban J connectivity index is 2.90. The molecule has 0 saturated heterocycles. The number of hydrogen-bond donors (Lipinski definition) is 1. The van der Waals surface area contributed by atoms with Crippen LogP contribution in [0.4, 0.5) is 0 Å². The summed E-state index contributed by atoms with van der Waals surface area (Å²) < 4.78 is 0.824. The number of thioether (sulfide) groups is 1. The van der Waals surface area contributed by atoms with E-state index in [1.54, 1.807) is 0 Å². The van der Waals surface area contributed by atoms with Crippen LogP contribution in [0.5, 0.6) is 0 Å². The van der Waals surface area contributed by atoms with E-state index in [1.807, 2.05) is 12.3 Å². The molecule has 66 valence electrons. The lowest BCUT2D eigenvalue weighted by Crippen LogP contribution is -2.05. The van der Waals surface area contributed by atoms with Gasteiger partial charge in [0, 0.05) is 12.1 Å². The van der Waals surface area contributed by atoms with Crippen molar-refractivity contribution in [3.05, 3.63) is 16.4 Å². The number of hydrogen-bond acceptors (Lipinski definition) is 4. The summed E-state index contributed by atoms with van der Waals surface area (Å²) in [4.78, 5) is 8.45. The zero-order chi connectivity index (χ0) is 8.97. The molecule has 0 atom stereocenters. The second-order valence-electron chi connectivity index (χ2n) is 2.21. The minimum atomic E-state index is 0.622. The van der Waals surface area contributed by atoms with Crippen LogP contribution in [0.2, 0.25) is 0 Å². The van der Waals surface area contributed by atoms with Crippen LogP contribution in [0, 0.1) is 0 Å². The molecule has 0 aliphatic carbocycles. The number of nitrogens with zero attached hydrogens (tertiary/aromatic N) is 2. The van der Waals surface area contributed by atoms with E-state index < -0.39 is 0 Å². The minimum Gasteiger partial charge on any atom is -0.330 e. The smallest absolute Gasteiger partial charge is 0.188 e. The Bertz CT molecular complexity index is 267. The molecule has 12 heavy (non-hydrogen) atoms. The summed E-state index contributed by atoms with van der Waals surface area (Å²) in [6.45, 7) is 0.622. The van der Waals surface area contributed by atoms with Gasteiger partial charge in [0.2, 0.25) is 0 Å². The van der Waals surface area contributed by atoms with E-state index in [1.165, 1.54) is 11.8 Å². The highest BCUT2D eigenvalue weighted by molar-refractivity contribution is 9.10. The summed E-state index contributed by atoms with van der Waals surface area (Å²) in [5.41, 5.74) is 6.41. The van der Waals surface area contributed by atoms with Gasteiger partial charge >= 0.3 is 0 Å². The predicted molar refractivity (Wildman–Crippen MR) is 54.3 cm³/mol. The molecule has 0 unspecified atom stereocenters. The average Bonchev–Trinajstić information content (AvgIpc) is 2.04. The Hall–Kier alpha value is -0.130. The lowest BCUT2D eigenvalue weighted by Gasteiger charge is -2.00. The van der Waals surface area contributed by atoms with Crippen LogP contribution in [-0.4, -0.2) is 22.8 Å². The summed E-state index contributed by atoms with van der Waals surface area (Å²) in [5, 5.41) is 0.785. The summed E-state index contributed by atoms with van der Waals surface area (Å²) in [6.07, 6.45) is 2.75. The zero-order valence-corrected chi connectivity index (χ0v) is 9.15. The van der Waals surface area contributed by atoms with Crippen molar-refractivity contribution in [2.75, 3.05) is 12.8 Å². The molecule has 1 aromatic heterocycles. The largest absolute Gasteiger partial charge is 0.330 e. The fourth-order valence-corrected chi connectivity index (χ4v) is 1.76. The van der Waals surface area contributed by atoms with Crippen molar-refractivity contribution >= 4 is 27.7 Å². The molecule has 1 aromatic rings. The van der Waals surface area contributed by atoms with Crippen LogP contribution in [0.15, 0.2) is 15.8 Å². The molecule has 0 spiro atoms. The molecule has 1 rings (SSSR count). The van der Waals surface area contributed by atoms with Crippen molar-refractivity contribution in [3.8, 4) is 0 Å². The monoisotopic (exact) mass is 247 g/mol. The summed E-state index contributed by atoms with van der Waals surface area (Å²) in [5.74, 6) is 0. The first-order chi connectivity index (χ1) is 5.76. The van der Waals surface area contributed by atoms with Crippen molar-refractivity contribution in [3.63, 3.8) is 0 Å². The van der Waals surface area contributed by atoms with Crippen molar-refractivity contribution in [2.45, 2.75) is 11.6 Å². The van der Waals surface area contributed by atoms with Crippen LogP contribution >= 0.6 is 27.7 Å². The zero-order valence-electron chi connectivity index (χ0n) is 6.75. The molecule has 3 nitrogen and oxygen atoms in total. The molecular formula is C7H10BrN3S. The number of rotatable bonds is 3. The lowest BCUT2D eigenvalue weighted by atomic mass is 10.3. The third-order valence-electron chi connectivity index (χ3n) is 1.31. The maximum Gasteiger partial charge on any atom is 0.188 e. The van der Waals surface area contributed by atoms with E-state index in [-0.39, 0.29) is 0 Å². The van der Waals surface area contributed by atoms with E-state index in [0.717, 1.165) is 21.9 Å². The molecule has 0 bridgehead atoms. The second kappa shape index (κ2) is 4.79. The van der Waals surface area contributed by atoms with Gasteiger partial charge in [-0.15, -0.1) is 0 Å². The molecule has 5 heteroatoms. The molecule has 0 saturated carbocycles. The van der Waals surface area contributed by atoms with Gasteiger partial charge in [0.1, 0.15) is 4.60 Å². The van der Waals surface area contributed by atoms with Gasteiger partial charge in [0.15, 0.2) is 5.16 Å². The van der Waals surface area contributed by atoms with Gasteiger partial charge in [0.05, 0.1) is 0 Å². The predicted octanol–water partition coefficient (Wildman–Crippen LogP) is 1.46. The van der Waals surface area contributed by atoms with Crippen molar-refractivity contribution in [2.24, 2.45) is 5.73 Å². The van der Waals surface area contributed by atoms with Crippen molar-refractivity contribution < 1.29 is 0 Å². The molecule has 0 aromatic carbocycles. The molecule has 0 aliphatic heterocycles. The first kappa shape index (κ1) is 9.95. The topological polar surface area (TPSA) is 51.8 Å². The Labute approximate surface area is 84.3 Å². The van der Waals surface area contributed by atoms with Crippen LogP contribution in [0.25, 0.3) is 0 Å². The van der Waals surface area contributed by atoms with E-state index in [9.17, 15) is 0 Å². The Morgan fingerprint density at radius 3 is 2.92 bits per heavy atom. The van der Waals surface area contributed by atoms with Gasteiger partial charge in [-0.2, -0.15) is 0 Å². The van der Waals surface area contributed by atoms with Gasteiger partial charge in [-0.05, 0) is 34.8 Å². The van der Waals surface area contributed by atoms with Gasteiger partial charge < -0.3 is 5.73 Å². The fraction of sp³-hybridized carbons (Fsp3) is 0.429. The summed E-state index contributed by atoms with van der Waals surface area (Å²) in [6, 6.07) is 1.90. The van der Waals surface area contributed by atoms with E-state index in [2.05, 4.69) is 25.9 Å². The number of aromatic nitrogens is 2. The van der Waals surface area contributed by atoms with Gasteiger partial charge in [-0.1, -0.05) is 11.8 Å². The van der Waals surface area contributed by atoms with Gasteiger partial charge in [-0.25, -0.2) is 9.97 Å². The van der Waals surface area contributed by atoms with Crippen LogP contribution < -0.4 is 5.73 Å². The normalized spacial score (nSPS) is 10.2. The van der Waals surface area contributed by atoms with Gasteiger partial charge in [0.25, 0.3) is 0 Å². The van der Waals surface area contributed by atoms with E-state index in [4.69, 9.17) is 5.73 Å². The Kier molecular flexibility index (Phi) is 3.97. The quantitative estimate of drug-likeness (QED) is 0.500. The van der Waals surface area contributed by atoms with Crippen molar-refractivity contribution in [1.82, 2.24) is 9.97 Å². The first-order valence-corrected chi connectivity index (χ1v) is 5.55. The van der Waals surface area contributed by atoms with Gasteiger partial charge in [-0.3, -0.25) is 0 Å². The molecule has 0 radical (unpaired) electrons. The lowest BCUT2D eigenvalue weighted by molar-refractivity contribution is 0.843. The molecule has 1 heterocycles. The minimum absolute atomic E-state index is 0.622. The van der Waals surface area contributed by atoms with Crippen LogP contribution in [0.3, 0.4) is 0 Å². The maximum atomic E-state index is 5.42. The number of halogens is 1. The first-order valence-electron chi connectivity index (χ1n) is 3.53. The second-order valence-corrected chi connectivity index (χ2v) is 3.79. The maximum absolute atomic E-state index is 5.42. The standard InChI is InChI=1S/C7H10BrN3S/c1-12-7-10-5(2-3-9)4-6(8)11-7/h4H,2-3,9H2,1H3. The molecular weight excluding hydrogens is 238 g/mol. The Morgan fingerprint density at radius 1 is 1.58 bits per heavy atom. The highest BCUT2D eigenvalue weighted by Crippen LogP contribution is 2.14. The van der Waals surface area contributed by atoms with Crippen LogP contribution in [-0.2, 0) is 6.42 Å². The molecule has 0 amide bonds. The highest BCUT2D eigenvalue weighted by atomic mass is 79.9. The SMILES string of the molecule is CSc1nc(Br)cc(CCN)n1. The van der Waals surface area contributed by atoms with E-state index in [0.29, 0.717) is 6.54 Å². The summed E-state index contributed by atoms with van der Waals surface area (Å²) >= 11 is 4.85. The van der Waals surface area contributed by atoms with E-state index >= 15 is 0 Å². The molecule has 0 fully saturated rings. The van der Waals surface area contributed by atoms with Crippen LogP contribution in [0.1, 0.15) is 5.69 Å². The average molecular weight is 248 g/mol. The molecule has 2 N–H and O–H groups in total. The summed E-state index contributed by atoms with van der Waals surface area (Å²) in [7, 11) is 0. The molecule has 0 aliphatic rings. The number of nitrogens with two attached hydrogens (primary N) is 1. The highest BCUT2D eigenvalue weighted by Gasteiger charge is 2.00. The third-order valence-corrected chi connectivity index (χ3v) is 2.26. The fourth-order valence-electron chi connectivity index (χ4n) is 0.808. The third kappa shape index (κ3) is 2.73.